The van der Waals surface area contributed by atoms with Crippen LogP contribution in [0.1, 0.15) is 114 Å². The predicted molar refractivity (Wildman–Crippen MR) is 142 cm³/mol. The highest BCUT2D eigenvalue weighted by Gasteiger charge is 2.70. The minimum atomic E-state index is -0.385. The lowest BCUT2D eigenvalue weighted by molar-refractivity contribution is -0.230. The van der Waals surface area contributed by atoms with Crippen molar-refractivity contribution in [1.82, 2.24) is 0 Å². The van der Waals surface area contributed by atoms with Crippen LogP contribution in [0.2, 0.25) is 0 Å². The number of fused-ring (bicyclic) bond motifs is 7. The van der Waals surface area contributed by atoms with Crippen LogP contribution in [0, 0.1) is 56.7 Å². The van der Waals surface area contributed by atoms with Gasteiger partial charge in [0.2, 0.25) is 0 Å². The molecule has 0 radical (unpaired) electrons. The summed E-state index contributed by atoms with van der Waals surface area (Å²) in [5, 5.41) is 12.1. The average Bonchev–Trinajstić information content (AvgIpc) is 2.74. The first-order valence-electron chi connectivity index (χ1n) is 14.7. The van der Waals surface area contributed by atoms with E-state index < -0.39 is 0 Å². The second-order valence-electron chi connectivity index (χ2n) is 15.4. The summed E-state index contributed by atoms with van der Waals surface area (Å²) in [5.41, 5.74) is 2.20. The lowest BCUT2D eigenvalue weighted by atomic mass is 9.33. The maximum atomic E-state index is 12.1. The zero-order valence-corrected chi connectivity index (χ0v) is 24.0. The van der Waals surface area contributed by atoms with E-state index >= 15 is 0 Å². The summed E-state index contributed by atoms with van der Waals surface area (Å²) in [6.45, 7) is 21.3. The molecule has 0 amide bonds. The first kappa shape index (κ1) is 25.8. The van der Waals surface area contributed by atoms with Crippen LogP contribution < -0.4 is 0 Å². The first-order valence-corrected chi connectivity index (χ1v) is 14.7. The fourth-order valence-electron chi connectivity index (χ4n) is 11.3. The number of allylic oxidation sites excluding steroid dienone is 1. The van der Waals surface area contributed by atoms with E-state index in [9.17, 15) is 9.90 Å². The van der Waals surface area contributed by atoms with Gasteiger partial charge in [0.15, 0.2) is 0 Å². The van der Waals surface area contributed by atoms with Crippen molar-refractivity contribution in [3.8, 4) is 0 Å². The van der Waals surface area contributed by atoms with Gasteiger partial charge in [-0.05, 0) is 96.7 Å². The molecule has 0 aliphatic heterocycles. The molecule has 0 aromatic rings. The molecular weight excluding hydrogens is 432 g/mol. The van der Waals surface area contributed by atoms with E-state index in [4.69, 9.17) is 4.74 Å². The Labute approximate surface area is 214 Å². The van der Waals surface area contributed by atoms with Gasteiger partial charge in [-0.2, -0.15) is 0 Å². The van der Waals surface area contributed by atoms with Gasteiger partial charge in [0.1, 0.15) is 6.10 Å². The number of esters is 1. The Balaban J connectivity index is 1.58. The molecule has 4 saturated carbocycles. The molecule has 1 N–H and O–H groups in total. The van der Waals surface area contributed by atoms with Gasteiger partial charge >= 0.3 is 5.97 Å². The van der Waals surface area contributed by atoms with Crippen LogP contribution >= 0.6 is 0 Å². The Bertz CT molecular complexity index is 920. The Hall–Kier alpha value is -0.830. The highest BCUT2D eigenvalue weighted by Crippen LogP contribution is 2.75. The highest BCUT2D eigenvalue weighted by atomic mass is 16.5. The van der Waals surface area contributed by atoms with Gasteiger partial charge in [0.05, 0.1) is 6.10 Å². The van der Waals surface area contributed by atoms with Gasteiger partial charge in [-0.25, -0.2) is 0 Å². The van der Waals surface area contributed by atoms with Gasteiger partial charge in [0, 0.05) is 18.3 Å². The number of hydrogen-bond donors (Lipinski definition) is 1. The van der Waals surface area contributed by atoms with Crippen molar-refractivity contribution in [3.05, 3.63) is 11.6 Å². The molecule has 0 unspecified atom stereocenters. The van der Waals surface area contributed by atoms with Crippen molar-refractivity contribution in [2.45, 2.75) is 126 Å². The van der Waals surface area contributed by atoms with Crippen LogP contribution in [0.3, 0.4) is 0 Å². The molecule has 0 heterocycles. The molecule has 5 aliphatic rings. The van der Waals surface area contributed by atoms with Crippen LogP contribution in [0.25, 0.3) is 0 Å². The Morgan fingerprint density at radius 2 is 1.63 bits per heavy atom. The molecule has 0 bridgehead atoms. The van der Waals surface area contributed by atoms with Crippen molar-refractivity contribution >= 4 is 5.97 Å². The van der Waals surface area contributed by atoms with E-state index in [-0.39, 0.29) is 45.8 Å². The topological polar surface area (TPSA) is 46.5 Å². The zero-order chi connectivity index (χ0) is 25.8. The third kappa shape index (κ3) is 3.28. The molecule has 5 rings (SSSR count). The van der Waals surface area contributed by atoms with Crippen molar-refractivity contribution in [2.75, 3.05) is 0 Å². The van der Waals surface area contributed by atoms with Crippen LogP contribution in [-0.4, -0.2) is 23.3 Å². The fraction of sp³-hybridized carbons (Fsp3) is 0.906. The lowest BCUT2D eigenvalue weighted by Crippen LogP contribution is -2.67. The lowest BCUT2D eigenvalue weighted by Gasteiger charge is -2.72. The number of aliphatic hydroxyl groups is 1. The number of ether oxygens (including phenoxy) is 1. The molecule has 35 heavy (non-hydrogen) atoms. The number of aliphatic hydroxyl groups excluding tert-OH is 1. The van der Waals surface area contributed by atoms with Gasteiger partial charge in [0.25, 0.3) is 0 Å². The third-order valence-electron chi connectivity index (χ3n) is 13.6. The minimum absolute atomic E-state index is 0.0233. The minimum Gasteiger partial charge on any atom is -0.462 e. The summed E-state index contributed by atoms with van der Waals surface area (Å²) in [7, 11) is 0. The average molecular weight is 485 g/mol. The number of rotatable bonds is 1. The molecule has 198 valence electrons. The second-order valence-corrected chi connectivity index (χ2v) is 15.4. The van der Waals surface area contributed by atoms with E-state index in [1.165, 1.54) is 25.7 Å². The summed E-state index contributed by atoms with van der Waals surface area (Å²) in [6, 6.07) is 0. The van der Waals surface area contributed by atoms with Crippen LogP contribution in [0.15, 0.2) is 11.6 Å². The summed E-state index contributed by atoms with van der Waals surface area (Å²) in [5.74, 6) is 2.56. The van der Waals surface area contributed by atoms with Gasteiger partial charge in [-0.15, -0.1) is 0 Å². The third-order valence-corrected chi connectivity index (χ3v) is 13.6. The maximum absolute atomic E-state index is 12.1. The summed E-state index contributed by atoms with van der Waals surface area (Å²) in [6.07, 6.45) is 11.5. The highest BCUT2D eigenvalue weighted by molar-refractivity contribution is 5.66. The fourth-order valence-corrected chi connectivity index (χ4v) is 11.3. The van der Waals surface area contributed by atoms with E-state index in [2.05, 4.69) is 61.5 Å². The molecular formula is C32H52O3. The standard InChI is InChI=1S/C32H52O3/c1-19-10-13-29(6)16-17-31(8)22(26(29)20(19)2)18-23(34)27-30(7)14-12-25(35-21(3)33)28(4,5)24(30)11-15-32(27,31)9/h18-20,23-27,34H,10-17H2,1-9H3/t19-,20+,23-,24+,25+,26+,27-,29-,30+,31-,32-/m1/s1. The second kappa shape index (κ2) is 7.84. The maximum Gasteiger partial charge on any atom is 0.302 e. The van der Waals surface area contributed by atoms with E-state index in [0.717, 1.165) is 31.6 Å². The first-order chi connectivity index (χ1) is 16.1. The summed E-state index contributed by atoms with van der Waals surface area (Å²) >= 11 is 0. The molecule has 4 fully saturated rings. The Kier molecular flexibility index (Phi) is 5.78. The van der Waals surface area contributed by atoms with Gasteiger partial charge < -0.3 is 9.84 Å². The van der Waals surface area contributed by atoms with Crippen molar-refractivity contribution in [1.29, 1.82) is 0 Å². The van der Waals surface area contributed by atoms with Crippen LogP contribution in [0.4, 0.5) is 0 Å². The van der Waals surface area contributed by atoms with Crippen molar-refractivity contribution in [3.63, 3.8) is 0 Å². The van der Waals surface area contributed by atoms with E-state index in [1.807, 2.05) is 0 Å². The normalized spacial score (nSPS) is 54.9. The molecule has 5 aliphatic carbocycles. The molecule has 3 nitrogen and oxygen atoms in total. The van der Waals surface area contributed by atoms with Gasteiger partial charge in [-0.1, -0.05) is 67.0 Å². The molecule has 0 aromatic carbocycles. The molecule has 3 heteroatoms. The molecule has 0 saturated heterocycles. The van der Waals surface area contributed by atoms with Crippen LogP contribution in [-0.2, 0) is 9.53 Å². The summed E-state index contributed by atoms with van der Waals surface area (Å²) < 4.78 is 5.87. The quantitative estimate of drug-likeness (QED) is 0.308. The largest absolute Gasteiger partial charge is 0.462 e. The number of hydrogen-bond acceptors (Lipinski definition) is 3. The Morgan fingerprint density at radius 1 is 0.943 bits per heavy atom. The van der Waals surface area contributed by atoms with E-state index in [1.54, 1.807) is 12.5 Å². The molecule has 0 spiro atoms. The number of carbonyl (C=O) groups excluding carboxylic acids is 1. The zero-order valence-electron chi connectivity index (χ0n) is 24.0. The predicted octanol–water partition coefficient (Wildman–Crippen LogP) is 7.57. The number of carbonyl (C=O) groups is 1. The summed E-state index contributed by atoms with van der Waals surface area (Å²) in [4.78, 5) is 11.9. The monoisotopic (exact) mass is 484 g/mol. The smallest absolute Gasteiger partial charge is 0.302 e. The SMILES string of the molecule is CC(=O)O[C@H]1CC[C@]2(C)[C@H]3[C@H](O)C=C4[C@@H]5[C@@H](C)[C@H](C)CC[C@]5(C)CC[C@@]4(C)[C@]3(C)CC[C@H]2C1(C)C. The van der Waals surface area contributed by atoms with E-state index in [0.29, 0.717) is 23.2 Å². The van der Waals surface area contributed by atoms with Crippen LogP contribution in [0.5, 0.6) is 0 Å². The van der Waals surface area contributed by atoms with Gasteiger partial charge in [-0.3, -0.25) is 4.79 Å². The van der Waals surface area contributed by atoms with Crippen molar-refractivity contribution < 1.29 is 14.6 Å². The molecule has 11 atom stereocenters. The Morgan fingerprint density at radius 3 is 2.29 bits per heavy atom. The molecule has 0 aromatic heterocycles. The van der Waals surface area contributed by atoms with Crippen molar-refractivity contribution in [2.24, 2.45) is 56.7 Å².